The van der Waals surface area contributed by atoms with Crippen LogP contribution < -0.4 is 10.6 Å². The topological polar surface area (TPSA) is 55.6 Å². The summed E-state index contributed by atoms with van der Waals surface area (Å²) in [7, 11) is 0. The van der Waals surface area contributed by atoms with Crippen molar-refractivity contribution in [2.24, 2.45) is 5.73 Å². The Balaban J connectivity index is 2.40. The number of carbonyl (C=O) groups is 1. The van der Waals surface area contributed by atoms with Crippen LogP contribution in [0.1, 0.15) is 56.7 Å². The molecule has 1 aromatic rings. The smallest absolute Gasteiger partial charge is 0.414 e. The number of amides is 1. The van der Waals surface area contributed by atoms with Gasteiger partial charge in [-0.3, -0.25) is 4.90 Å². The molecule has 2 atom stereocenters. The molecule has 0 aliphatic carbocycles. The van der Waals surface area contributed by atoms with Gasteiger partial charge in [-0.05, 0) is 60.9 Å². The number of ether oxygens (including phenoxy) is 1. The summed E-state index contributed by atoms with van der Waals surface area (Å²) in [6.07, 6.45) is 2.96. The second kappa shape index (κ2) is 6.91. The zero-order chi connectivity index (χ0) is 17.2. The Hall–Kier alpha value is -1.55. The first-order chi connectivity index (χ1) is 10.9. The SMILES string of the molecule is CCCC(C)(CC)c1c(C)cc(N2CC(CN)OC2=O)cc1C. The minimum absolute atomic E-state index is 0.187. The van der Waals surface area contributed by atoms with Crippen molar-refractivity contribution in [1.29, 1.82) is 0 Å². The lowest BCUT2D eigenvalue weighted by atomic mass is 9.73. The van der Waals surface area contributed by atoms with Gasteiger partial charge >= 0.3 is 6.09 Å². The molecule has 1 aliphatic rings. The van der Waals surface area contributed by atoms with E-state index in [9.17, 15) is 4.79 Å². The van der Waals surface area contributed by atoms with Crippen molar-refractivity contribution in [2.75, 3.05) is 18.0 Å². The Morgan fingerprint density at radius 1 is 1.30 bits per heavy atom. The van der Waals surface area contributed by atoms with Gasteiger partial charge in [0.15, 0.2) is 0 Å². The van der Waals surface area contributed by atoms with Crippen molar-refractivity contribution >= 4 is 11.8 Å². The van der Waals surface area contributed by atoms with Gasteiger partial charge in [0.1, 0.15) is 6.10 Å². The highest BCUT2D eigenvalue weighted by atomic mass is 16.6. The summed E-state index contributed by atoms with van der Waals surface area (Å²) in [6.45, 7) is 12.0. The maximum absolute atomic E-state index is 12.1. The van der Waals surface area contributed by atoms with Crippen molar-refractivity contribution in [2.45, 2.75) is 65.4 Å². The Bertz CT molecular complexity index is 562. The maximum Gasteiger partial charge on any atom is 0.414 e. The van der Waals surface area contributed by atoms with Gasteiger partial charge < -0.3 is 10.5 Å². The Morgan fingerprint density at radius 3 is 2.35 bits per heavy atom. The van der Waals surface area contributed by atoms with Crippen molar-refractivity contribution in [1.82, 2.24) is 0 Å². The zero-order valence-electron chi connectivity index (χ0n) is 15.1. The summed E-state index contributed by atoms with van der Waals surface area (Å²) in [5, 5.41) is 0. The van der Waals surface area contributed by atoms with E-state index in [0.29, 0.717) is 13.1 Å². The lowest BCUT2D eigenvalue weighted by molar-refractivity contribution is 0.145. The fourth-order valence-electron chi connectivity index (χ4n) is 3.93. The standard InChI is InChI=1S/C19H30N2O2/c1-6-8-19(5,7-2)17-13(3)9-15(10-14(17)4)21-12-16(11-20)23-18(21)22/h9-10,16H,6-8,11-12,20H2,1-5H3. The van der Waals surface area contributed by atoms with Crippen molar-refractivity contribution < 1.29 is 9.53 Å². The molecular formula is C19H30N2O2. The normalized spacial score (nSPS) is 20.5. The van der Waals surface area contributed by atoms with Crippen LogP contribution in [0.3, 0.4) is 0 Å². The molecular weight excluding hydrogens is 288 g/mol. The molecule has 1 amide bonds. The van der Waals surface area contributed by atoms with Crippen LogP contribution >= 0.6 is 0 Å². The lowest BCUT2D eigenvalue weighted by Gasteiger charge is -2.33. The number of aryl methyl sites for hydroxylation is 2. The second-order valence-corrected chi connectivity index (χ2v) is 6.97. The Labute approximate surface area is 140 Å². The van der Waals surface area contributed by atoms with Crippen molar-refractivity contribution in [3.63, 3.8) is 0 Å². The summed E-state index contributed by atoms with van der Waals surface area (Å²) in [5.74, 6) is 0. The van der Waals surface area contributed by atoms with E-state index in [1.807, 2.05) is 0 Å². The number of hydrogen-bond acceptors (Lipinski definition) is 3. The quantitative estimate of drug-likeness (QED) is 0.860. The third kappa shape index (κ3) is 3.37. The molecule has 1 fully saturated rings. The van der Waals surface area contributed by atoms with E-state index >= 15 is 0 Å². The molecule has 1 aromatic carbocycles. The summed E-state index contributed by atoms with van der Waals surface area (Å²) in [6, 6.07) is 4.23. The van der Waals surface area contributed by atoms with Gasteiger partial charge in [0.05, 0.1) is 6.54 Å². The average Bonchev–Trinajstić information content (AvgIpc) is 2.88. The largest absolute Gasteiger partial charge is 0.443 e. The number of cyclic esters (lactones) is 1. The van der Waals surface area contributed by atoms with E-state index in [0.717, 1.165) is 12.1 Å². The molecule has 0 bridgehead atoms. The van der Waals surface area contributed by atoms with E-state index in [1.54, 1.807) is 4.90 Å². The van der Waals surface area contributed by atoms with Crippen LogP contribution in [-0.2, 0) is 10.2 Å². The molecule has 0 aromatic heterocycles. The van der Waals surface area contributed by atoms with Gasteiger partial charge in [-0.15, -0.1) is 0 Å². The molecule has 0 saturated carbocycles. The van der Waals surface area contributed by atoms with Gasteiger partial charge in [0.25, 0.3) is 0 Å². The molecule has 0 spiro atoms. The van der Waals surface area contributed by atoms with E-state index in [1.165, 1.54) is 29.5 Å². The van der Waals surface area contributed by atoms with E-state index in [-0.39, 0.29) is 17.6 Å². The summed E-state index contributed by atoms with van der Waals surface area (Å²) in [4.78, 5) is 13.8. The minimum atomic E-state index is -0.293. The van der Waals surface area contributed by atoms with Gasteiger partial charge in [-0.25, -0.2) is 4.79 Å². The van der Waals surface area contributed by atoms with Crippen LogP contribution in [0.5, 0.6) is 0 Å². The first-order valence-corrected chi connectivity index (χ1v) is 8.66. The summed E-state index contributed by atoms with van der Waals surface area (Å²) in [5.41, 5.74) is 10.7. The Kier molecular flexibility index (Phi) is 5.35. The molecule has 1 aliphatic heterocycles. The highest BCUT2D eigenvalue weighted by Gasteiger charge is 2.33. The minimum Gasteiger partial charge on any atom is -0.443 e. The number of nitrogens with zero attached hydrogens (tertiary/aromatic N) is 1. The van der Waals surface area contributed by atoms with Gasteiger partial charge in [-0.1, -0.05) is 27.2 Å². The molecule has 4 nitrogen and oxygen atoms in total. The van der Waals surface area contributed by atoms with Crippen molar-refractivity contribution in [3.8, 4) is 0 Å². The van der Waals surface area contributed by atoms with Crippen LogP contribution in [-0.4, -0.2) is 25.3 Å². The van der Waals surface area contributed by atoms with E-state index < -0.39 is 0 Å². The van der Waals surface area contributed by atoms with Crippen LogP contribution in [0.15, 0.2) is 12.1 Å². The molecule has 0 radical (unpaired) electrons. The first-order valence-electron chi connectivity index (χ1n) is 8.66. The van der Waals surface area contributed by atoms with Crippen LogP contribution in [0, 0.1) is 13.8 Å². The van der Waals surface area contributed by atoms with Gasteiger partial charge in [0.2, 0.25) is 0 Å². The monoisotopic (exact) mass is 318 g/mol. The number of hydrogen-bond donors (Lipinski definition) is 1. The molecule has 128 valence electrons. The molecule has 2 unspecified atom stereocenters. The lowest BCUT2D eigenvalue weighted by Crippen LogP contribution is -2.28. The van der Waals surface area contributed by atoms with Crippen molar-refractivity contribution in [3.05, 3.63) is 28.8 Å². The molecule has 1 heterocycles. The molecule has 4 heteroatoms. The third-order valence-corrected chi connectivity index (χ3v) is 5.15. The predicted molar refractivity (Wildman–Crippen MR) is 95.1 cm³/mol. The summed E-state index contributed by atoms with van der Waals surface area (Å²) >= 11 is 0. The molecule has 2 rings (SSSR count). The van der Waals surface area contributed by atoms with Crippen LogP contribution in [0.4, 0.5) is 10.5 Å². The van der Waals surface area contributed by atoms with E-state index in [2.05, 4.69) is 46.8 Å². The number of benzene rings is 1. The highest BCUT2D eigenvalue weighted by molar-refractivity contribution is 5.90. The second-order valence-electron chi connectivity index (χ2n) is 6.97. The summed E-state index contributed by atoms with van der Waals surface area (Å²) < 4.78 is 5.28. The fourth-order valence-corrected chi connectivity index (χ4v) is 3.93. The first kappa shape index (κ1) is 17.8. The third-order valence-electron chi connectivity index (χ3n) is 5.15. The number of anilines is 1. The molecule has 23 heavy (non-hydrogen) atoms. The maximum atomic E-state index is 12.1. The number of rotatable bonds is 6. The van der Waals surface area contributed by atoms with Gasteiger partial charge in [-0.2, -0.15) is 0 Å². The fraction of sp³-hybridized carbons (Fsp3) is 0.632. The predicted octanol–water partition coefficient (Wildman–Crippen LogP) is 4.06. The van der Waals surface area contributed by atoms with E-state index in [4.69, 9.17) is 10.5 Å². The molecule has 2 N–H and O–H groups in total. The average molecular weight is 318 g/mol. The Morgan fingerprint density at radius 2 is 1.91 bits per heavy atom. The van der Waals surface area contributed by atoms with Gasteiger partial charge in [0, 0.05) is 12.2 Å². The molecule has 1 saturated heterocycles. The van der Waals surface area contributed by atoms with Crippen LogP contribution in [0.2, 0.25) is 0 Å². The number of carbonyl (C=O) groups excluding carboxylic acids is 1. The zero-order valence-corrected chi connectivity index (χ0v) is 15.1. The van der Waals surface area contributed by atoms with Crippen LogP contribution in [0.25, 0.3) is 0 Å². The number of nitrogens with two attached hydrogens (primary N) is 1. The highest BCUT2D eigenvalue weighted by Crippen LogP contribution is 2.39.